The quantitative estimate of drug-likeness (QED) is 0.200. The Hall–Kier alpha value is -1.07. The van der Waals surface area contributed by atoms with Gasteiger partial charge in [0.05, 0.1) is 25.4 Å². The van der Waals surface area contributed by atoms with Gasteiger partial charge in [-0.3, -0.25) is 0 Å². The molecule has 9 nitrogen and oxygen atoms in total. The van der Waals surface area contributed by atoms with Crippen LogP contribution in [0.1, 0.15) is 71.6 Å². The molecule has 0 radical (unpaired) electrons. The predicted molar refractivity (Wildman–Crippen MR) is 136 cm³/mol. The van der Waals surface area contributed by atoms with E-state index in [-0.39, 0.29) is 34.7 Å². The maximum absolute atomic E-state index is 12.3. The molecule has 0 bridgehead atoms. The van der Waals surface area contributed by atoms with E-state index in [0.717, 1.165) is 57.8 Å². The first-order valence-electron chi connectivity index (χ1n) is 14.4. The number of carbonyl (C=O) groups excluding carboxylic acids is 1. The second kappa shape index (κ2) is 10.4. The zero-order chi connectivity index (χ0) is 27.5. The van der Waals surface area contributed by atoms with Gasteiger partial charge < -0.3 is 39.7 Å². The topological polar surface area (TPSA) is 146 Å². The molecule has 5 rings (SSSR count). The molecule has 0 aromatic carbocycles. The highest BCUT2D eigenvalue weighted by Gasteiger charge is 2.66. The van der Waals surface area contributed by atoms with Gasteiger partial charge in [-0.2, -0.15) is 0 Å². The summed E-state index contributed by atoms with van der Waals surface area (Å²) in [6.45, 7) is 4.12. The summed E-state index contributed by atoms with van der Waals surface area (Å²) in [5, 5.41) is 52.4. The van der Waals surface area contributed by atoms with Gasteiger partial charge in [0, 0.05) is 11.5 Å². The van der Waals surface area contributed by atoms with Gasteiger partial charge >= 0.3 is 5.97 Å². The van der Waals surface area contributed by atoms with Crippen LogP contribution in [0.5, 0.6) is 0 Å². The van der Waals surface area contributed by atoms with E-state index in [1.54, 1.807) is 0 Å². The Morgan fingerprint density at radius 2 is 1.74 bits per heavy atom. The van der Waals surface area contributed by atoms with Crippen molar-refractivity contribution in [3.8, 4) is 0 Å². The fourth-order valence-electron chi connectivity index (χ4n) is 9.29. The molecule has 0 unspecified atom stereocenters. The predicted octanol–water partition coefficient (Wildman–Crippen LogP) is 1.67. The molecular formula is C29H46O9. The minimum atomic E-state index is -1.44. The average Bonchev–Trinajstić information content (AvgIpc) is 3.18. The van der Waals surface area contributed by atoms with Crippen molar-refractivity contribution in [2.75, 3.05) is 13.7 Å². The SMILES string of the molecule is COC(=O)/C=C/[C@H]1CC[C@@]2(O)[C@@H]3CC[C@H]4C[C@@H](O[C@@H]5O[C@H](CO)[C@@H](O)[C@H](O)[C@H]5O)CC[C@]4(C)[C@H]3CC[C@]12C. The number of aliphatic hydroxyl groups excluding tert-OH is 4. The molecule has 5 N–H and O–H groups in total. The molecule has 4 aliphatic carbocycles. The van der Waals surface area contributed by atoms with E-state index in [4.69, 9.17) is 14.2 Å². The van der Waals surface area contributed by atoms with Crippen molar-refractivity contribution in [2.45, 2.75) is 114 Å². The molecule has 13 atom stereocenters. The van der Waals surface area contributed by atoms with Crippen LogP contribution in [0.3, 0.4) is 0 Å². The van der Waals surface area contributed by atoms with Crippen molar-refractivity contribution < 1.29 is 44.5 Å². The molecule has 5 aliphatic rings. The number of carbonyl (C=O) groups is 1. The largest absolute Gasteiger partial charge is 0.466 e. The van der Waals surface area contributed by atoms with Gasteiger partial charge in [0.15, 0.2) is 6.29 Å². The monoisotopic (exact) mass is 538 g/mol. The van der Waals surface area contributed by atoms with Crippen LogP contribution in [0.4, 0.5) is 0 Å². The Bertz CT molecular complexity index is 908. The van der Waals surface area contributed by atoms with Crippen LogP contribution in [-0.4, -0.2) is 87.6 Å². The van der Waals surface area contributed by atoms with Gasteiger partial charge in [-0.1, -0.05) is 19.9 Å². The van der Waals surface area contributed by atoms with Crippen LogP contribution < -0.4 is 0 Å². The zero-order valence-electron chi connectivity index (χ0n) is 22.9. The third-order valence-electron chi connectivity index (χ3n) is 11.7. The van der Waals surface area contributed by atoms with Gasteiger partial charge in [0.1, 0.15) is 24.4 Å². The summed E-state index contributed by atoms with van der Waals surface area (Å²) in [6, 6.07) is 0. The van der Waals surface area contributed by atoms with Gasteiger partial charge in [0.25, 0.3) is 0 Å². The standard InChI is InChI=1S/C29H46O9/c1-27-11-9-18(37-26-25(34)24(33)23(32)21(15-30)38-26)14-17(27)4-6-20-19(27)10-12-28(2)16(5-7-22(31)36-3)8-13-29(20,28)35/h5,7,16-21,23-26,30,32-35H,4,6,8-15H2,1-3H3/b7-5+/t16-,17-,18-,19-,20+,21+,23+,24-,25+,26+,27-,28+,29+/m0/s1. The third-order valence-corrected chi connectivity index (χ3v) is 11.7. The fraction of sp³-hybridized carbons (Fsp3) is 0.897. The van der Waals surface area contributed by atoms with E-state index in [1.807, 2.05) is 6.08 Å². The maximum atomic E-state index is 12.3. The van der Waals surface area contributed by atoms with Crippen LogP contribution in [0.15, 0.2) is 12.2 Å². The van der Waals surface area contributed by atoms with Crippen LogP contribution in [0, 0.1) is 34.5 Å². The highest BCUT2D eigenvalue weighted by molar-refractivity contribution is 5.81. The first-order valence-corrected chi connectivity index (χ1v) is 14.4. The summed E-state index contributed by atoms with van der Waals surface area (Å²) in [6.07, 6.45) is 5.13. The first kappa shape index (κ1) is 28.5. The van der Waals surface area contributed by atoms with E-state index in [9.17, 15) is 30.3 Å². The number of hydrogen-bond acceptors (Lipinski definition) is 9. The number of rotatable bonds is 5. The van der Waals surface area contributed by atoms with Crippen LogP contribution in [-0.2, 0) is 19.0 Å². The highest BCUT2D eigenvalue weighted by Crippen LogP contribution is 2.69. The minimum Gasteiger partial charge on any atom is -0.466 e. The molecule has 0 aromatic rings. The molecule has 0 amide bonds. The highest BCUT2D eigenvalue weighted by atomic mass is 16.7. The van der Waals surface area contributed by atoms with Crippen molar-refractivity contribution in [2.24, 2.45) is 34.5 Å². The summed E-state index contributed by atoms with van der Waals surface area (Å²) in [5.41, 5.74) is -0.931. The molecule has 38 heavy (non-hydrogen) atoms. The molecule has 5 fully saturated rings. The number of ether oxygens (including phenoxy) is 3. The van der Waals surface area contributed by atoms with E-state index < -0.39 is 42.9 Å². The number of fused-ring (bicyclic) bond motifs is 5. The molecule has 0 aromatic heterocycles. The minimum absolute atomic E-state index is 0.0785. The summed E-state index contributed by atoms with van der Waals surface area (Å²) in [4.78, 5) is 11.7. The lowest BCUT2D eigenvalue weighted by atomic mass is 9.43. The maximum Gasteiger partial charge on any atom is 0.330 e. The second-order valence-electron chi connectivity index (χ2n) is 13.1. The number of hydrogen-bond donors (Lipinski definition) is 5. The lowest BCUT2D eigenvalue weighted by Crippen LogP contribution is -2.62. The van der Waals surface area contributed by atoms with E-state index in [0.29, 0.717) is 11.8 Å². The van der Waals surface area contributed by atoms with Crippen molar-refractivity contribution in [1.29, 1.82) is 0 Å². The third kappa shape index (κ3) is 4.37. The Morgan fingerprint density at radius 3 is 2.45 bits per heavy atom. The normalized spacial score (nSPS) is 52.7. The van der Waals surface area contributed by atoms with Gasteiger partial charge in [-0.25, -0.2) is 4.79 Å². The van der Waals surface area contributed by atoms with E-state index in [2.05, 4.69) is 13.8 Å². The Morgan fingerprint density at radius 1 is 0.974 bits per heavy atom. The number of methoxy groups -OCH3 is 1. The van der Waals surface area contributed by atoms with Crippen LogP contribution in [0.25, 0.3) is 0 Å². The molecule has 216 valence electrons. The van der Waals surface area contributed by atoms with Gasteiger partial charge in [-0.15, -0.1) is 0 Å². The number of esters is 1. The van der Waals surface area contributed by atoms with Gasteiger partial charge in [-0.05, 0) is 86.9 Å². The Kier molecular flexibility index (Phi) is 7.79. The molecule has 1 heterocycles. The van der Waals surface area contributed by atoms with Crippen molar-refractivity contribution in [3.05, 3.63) is 12.2 Å². The fourth-order valence-corrected chi connectivity index (χ4v) is 9.29. The number of allylic oxidation sites excluding steroid dienone is 1. The first-order chi connectivity index (χ1) is 18.0. The van der Waals surface area contributed by atoms with Crippen LogP contribution >= 0.6 is 0 Å². The Balaban J connectivity index is 1.27. The molecule has 4 saturated carbocycles. The van der Waals surface area contributed by atoms with E-state index >= 15 is 0 Å². The van der Waals surface area contributed by atoms with Crippen LogP contribution in [0.2, 0.25) is 0 Å². The smallest absolute Gasteiger partial charge is 0.330 e. The molecule has 0 spiro atoms. The Labute approximate surface area is 225 Å². The van der Waals surface area contributed by atoms with Crippen molar-refractivity contribution >= 4 is 5.97 Å². The summed E-state index contributed by atoms with van der Waals surface area (Å²) < 4.78 is 16.5. The summed E-state index contributed by atoms with van der Waals surface area (Å²) >= 11 is 0. The van der Waals surface area contributed by atoms with Gasteiger partial charge in [0.2, 0.25) is 0 Å². The molecule has 1 aliphatic heterocycles. The summed E-state index contributed by atoms with van der Waals surface area (Å²) in [7, 11) is 1.38. The average molecular weight is 539 g/mol. The summed E-state index contributed by atoms with van der Waals surface area (Å²) in [5.74, 6) is 0.851. The zero-order valence-corrected chi connectivity index (χ0v) is 22.9. The molecule has 9 heteroatoms. The van der Waals surface area contributed by atoms with Crippen molar-refractivity contribution in [3.63, 3.8) is 0 Å². The second-order valence-corrected chi connectivity index (χ2v) is 13.1. The van der Waals surface area contributed by atoms with Crippen molar-refractivity contribution in [1.82, 2.24) is 0 Å². The molecular weight excluding hydrogens is 492 g/mol. The lowest BCUT2D eigenvalue weighted by molar-refractivity contribution is -0.317. The van der Waals surface area contributed by atoms with E-state index in [1.165, 1.54) is 13.2 Å². The lowest BCUT2D eigenvalue weighted by Gasteiger charge is -2.63. The number of aliphatic hydroxyl groups is 5. The molecule has 1 saturated heterocycles.